The van der Waals surface area contributed by atoms with Crippen molar-refractivity contribution in [2.45, 2.75) is 37.5 Å². The van der Waals surface area contributed by atoms with Crippen LogP contribution in [0.15, 0.2) is 60.2 Å². The van der Waals surface area contributed by atoms with Crippen LogP contribution in [-0.2, 0) is 9.59 Å². The van der Waals surface area contributed by atoms with Gasteiger partial charge in [-0.3, -0.25) is 14.5 Å². The van der Waals surface area contributed by atoms with Crippen molar-refractivity contribution in [1.82, 2.24) is 4.90 Å². The van der Waals surface area contributed by atoms with Crippen LogP contribution in [-0.4, -0.2) is 34.1 Å². The molecular weight excluding hydrogens is 397 g/mol. The van der Waals surface area contributed by atoms with Crippen molar-refractivity contribution >= 4 is 28.7 Å². The molecule has 0 spiro atoms. The molecule has 1 heterocycles. The molecule has 1 saturated carbocycles. The highest BCUT2D eigenvalue weighted by Gasteiger charge is 2.41. The zero-order valence-corrected chi connectivity index (χ0v) is 17.9. The molecule has 2 atom stereocenters. The van der Waals surface area contributed by atoms with Gasteiger partial charge in [-0.25, -0.2) is 4.39 Å². The van der Waals surface area contributed by atoms with Gasteiger partial charge >= 0.3 is 0 Å². The molecule has 2 unspecified atom stereocenters. The fraction of sp³-hybridized carbons (Fsp3) is 0.360. The van der Waals surface area contributed by atoms with E-state index in [0.29, 0.717) is 18.7 Å². The predicted molar refractivity (Wildman–Crippen MR) is 120 cm³/mol. The van der Waals surface area contributed by atoms with Gasteiger partial charge in [0.2, 0.25) is 0 Å². The number of carbonyl (C=O) groups excluding carboxylic acids is 2. The van der Waals surface area contributed by atoms with Crippen molar-refractivity contribution in [3.8, 4) is 0 Å². The Morgan fingerprint density at radius 3 is 2.43 bits per heavy atom. The first-order valence-electron chi connectivity index (χ1n) is 10.5. The lowest BCUT2D eigenvalue weighted by Crippen LogP contribution is -2.43. The summed E-state index contributed by atoms with van der Waals surface area (Å²) in [5.41, 5.74) is 2.64. The summed E-state index contributed by atoms with van der Waals surface area (Å²) in [6.45, 7) is 2.81. The zero-order valence-electron chi connectivity index (χ0n) is 17.1. The topological polar surface area (TPSA) is 37.4 Å². The van der Waals surface area contributed by atoms with Gasteiger partial charge in [0.25, 0.3) is 0 Å². The first-order valence-corrected chi connectivity index (χ1v) is 11.4. The van der Waals surface area contributed by atoms with E-state index in [1.54, 1.807) is 25.1 Å². The molecule has 30 heavy (non-hydrogen) atoms. The first-order chi connectivity index (χ1) is 14.5. The molecule has 3 nitrogen and oxygen atoms in total. The Morgan fingerprint density at radius 1 is 1.07 bits per heavy atom. The smallest absolute Gasteiger partial charge is 0.186 e. The van der Waals surface area contributed by atoms with Crippen molar-refractivity contribution in [1.29, 1.82) is 0 Å². The monoisotopic (exact) mass is 423 g/mol. The second-order valence-corrected chi connectivity index (χ2v) is 9.47. The van der Waals surface area contributed by atoms with E-state index in [1.165, 1.54) is 17.8 Å². The number of rotatable bonds is 6. The molecule has 5 heteroatoms. The Hall–Kier alpha value is -2.24. The van der Waals surface area contributed by atoms with Crippen molar-refractivity contribution in [3.05, 3.63) is 77.1 Å². The van der Waals surface area contributed by atoms with Crippen LogP contribution < -0.4 is 0 Å². The predicted octanol–water partition coefficient (Wildman–Crippen LogP) is 5.28. The maximum absolute atomic E-state index is 14.7. The number of halogens is 1. The minimum absolute atomic E-state index is 0.0421. The number of hydrogen-bond acceptors (Lipinski definition) is 4. The summed E-state index contributed by atoms with van der Waals surface area (Å²) in [7, 11) is 0. The number of ketones is 1. The van der Waals surface area contributed by atoms with Gasteiger partial charge in [-0.2, -0.15) is 0 Å². The van der Waals surface area contributed by atoms with Gasteiger partial charge in [0.05, 0.1) is 6.04 Å². The molecule has 1 saturated heterocycles. The van der Waals surface area contributed by atoms with Crippen LogP contribution in [0, 0.1) is 11.7 Å². The highest BCUT2D eigenvalue weighted by molar-refractivity contribution is 8.14. The number of piperidine rings is 1. The van der Waals surface area contributed by atoms with Crippen molar-refractivity contribution < 1.29 is 14.0 Å². The lowest BCUT2D eigenvalue weighted by atomic mass is 9.93. The number of hydrogen-bond donors (Lipinski definition) is 0. The summed E-state index contributed by atoms with van der Waals surface area (Å²) >= 11 is 1.35. The fourth-order valence-corrected chi connectivity index (χ4v) is 5.08. The summed E-state index contributed by atoms with van der Waals surface area (Å²) < 4.78 is 14.7. The molecular formula is C25H26FNO2S. The van der Waals surface area contributed by atoms with Gasteiger partial charge in [-0.05, 0) is 36.5 Å². The summed E-state index contributed by atoms with van der Waals surface area (Å²) in [5, 5.41) is 0.170. The van der Waals surface area contributed by atoms with Gasteiger partial charge in [0.1, 0.15) is 5.82 Å². The first kappa shape index (κ1) is 21.0. The molecule has 1 aliphatic heterocycles. The summed E-state index contributed by atoms with van der Waals surface area (Å²) in [5.74, 6) is -0.164. The number of likely N-dealkylation sites (tertiary alicyclic amines) is 1. The summed E-state index contributed by atoms with van der Waals surface area (Å²) in [6.07, 6.45) is 4.67. The molecule has 2 fully saturated rings. The molecule has 156 valence electrons. The minimum atomic E-state index is -0.568. The Kier molecular flexibility index (Phi) is 6.49. The molecule has 2 aromatic carbocycles. The highest BCUT2D eigenvalue weighted by Crippen LogP contribution is 2.40. The molecule has 0 bridgehead atoms. The van der Waals surface area contributed by atoms with E-state index in [-0.39, 0.29) is 27.9 Å². The van der Waals surface area contributed by atoms with Crippen molar-refractivity contribution in [2.75, 3.05) is 13.1 Å². The van der Waals surface area contributed by atoms with Crippen LogP contribution in [0.3, 0.4) is 0 Å². The standard InChI is InChI=1S/C25H26FNO2S/c1-17(28)30-23-13-14-27(16-20(23)15-18-7-3-2-4-8-18)24(25(29)19-11-12-19)21-9-5-6-10-22(21)26/h2-10,15,19,23-24H,11-14,16H2,1H3. The van der Waals surface area contributed by atoms with Gasteiger partial charge < -0.3 is 0 Å². The third kappa shape index (κ3) is 4.90. The molecule has 4 rings (SSSR count). The van der Waals surface area contributed by atoms with Gasteiger partial charge in [-0.15, -0.1) is 0 Å². The molecule has 0 aromatic heterocycles. The summed E-state index contributed by atoms with van der Waals surface area (Å²) in [6, 6.07) is 16.1. The van der Waals surface area contributed by atoms with Crippen LogP contribution in [0.5, 0.6) is 0 Å². The van der Waals surface area contributed by atoms with Crippen LogP contribution in [0.4, 0.5) is 4.39 Å². The van der Waals surface area contributed by atoms with E-state index >= 15 is 0 Å². The number of carbonyl (C=O) groups is 2. The fourth-order valence-electron chi connectivity index (χ4n) is 4.16. The third-order valence-electron chi connectivity index (χ3n) is 5.75. The molecule has 0 N–H and O–H groups in total. The molecule has 0 amide bonds. The SMILES string of the molecule is CC(=O)SC1CCN(C(C(=O)C2CC2)c2ccccc2F)CC1=Cc1ccccc1. The normalized spacial score (nSPS) is 22.1. The van der Waals surface area contributed by atoms with Crippen molar-refractivity contribution in [2.24, 2.45) is 5.92 Å². The maximum Gasteiger partial charge on any atom is 0.186 e. The van der Waals surface area contributed by atoms with Gasteiger partial charge in [0, 0.05) is 36.7 Å². The Labute approximate surface area is 181 Å². The largest absolute Gasteiger partial charge is 0.297 e. The maximum atomic E-state index is 14.7. The molecule has 0 radical (unpaired) electrons. The van der Waals surface area contributed by atoms with E-state index in [0.717, 1.165) is 30.4 Å². The average molecular weight is 424 g/mol. The molecule has 2 aliphatic rings. The average Bonchev–Trinajstić information content (AvgIpc) is 3.57. The molecule has 2 aromatic rings. The van der Waals surface area contributed by atoms with Crippen LogP contribution in [0.25, 0.3) is 6.08 Å². The minimum Gasteiger partial charge on any atom is -0.297 e. The van der Waals surface area contributed by atoms with Crippen LogP contribution in [0.2, 0.25) is 0 Å². The van der Waals surface area contributed by atoms with Crippen LogP contribution >= 0.6 is 11.8 Å². The Morgan fingerprint density at radius 2 is 1.77 bits per heavy atom. The number of benzene rings is 2. The van der Waals surface area contributed by atoms with E-state index in [1.807, 2.05) is 30.3 Å². The van der Waals surface area contributed by atoms with Gasteiger partial charge in [-0.1, -0.05) is 66.4 Å². The number of thioether (sulfide) groups is 1. The van der Waals surface area contributed by atoms with E-state index in [9.17, 15) is 14.0 Å². The second kappa shape index (κ2) is 9.27. The highest BCUT2D eigenvalue weighted by atomic mass is 32.2. The number of nitrogens with zero attached hydrogens (tertiary/aromatic N) is 1. The van der Waals surface area contributed by atoms with Crippen molar-refractivity contribution in [3.63, 3.8) is 0 Å². The van der Waals surface area contributed by atoms with Crippen LogP contribution in [0.1, 0.15) is 43.4 Å². The quantitative estimate of drug-likeness (QED) is 0.633. The van der Waals surface area contributed by atoms with E-state index < -0.39 is 6.04 Å². The van der Waals surface area contributed by atoms with E-state index in [2.05, 4.69) is 11.0 Å². The summed E-state index contributed by atoms with van der Waals surface area (Å²) in [4.78, 5) is 27.1. The molecule has 1 aliphatic carbocycles. The third-order valence-corrected chi connectivity index (χ3v) is 6.91. The second-order valence-electron chi connectivity index (χ2n) is 8.09. The Balaban J connectivity index is 1.67. The Bertz CT molecular complexity index is 955. The van der Waals surface area contributed by atoms with Gasteiger partial charge in [0.15, 0.2) is 10.9 Å². The zero-order chi connectivity index (χ0) is 21.1. The lowest BCUT2D eigenvalue weighted by Gasteiger charge is -2.38. The van der Waals surface area contributed by atoms with E-state index in [4.69, 9.17) is 0 Å². The lowest BCUT2D eigenvalue weighted by molar-refractivity contribution is -0.126. The number of Topliss-reactive ketones (excluding diaryl/α,β-unsaturated/α-hetero) is 1.